The average molecular weight is 403 g/mol. The van der Waals surface area contributed by atoms with Gasteiger partial charge in [0.1, 0.15) is 5.92 Å². The minimum atomic E-state index is -1.44. The van der Waals surface area contributed by atoms with Crippen molar-refractivity contribution in [1.29, 1.82) is 0 Å². The second kappa shape index (κ2) is 8.59. The highest BCUT2D eigenvalue weighted by atomic mass is 16.4. The molecule has 29 heavy (non-hydrogen) atoms. The van der Waals surface area contributed by atoms with Crippen LogP contribution in [-0.2, 0) is 26.2 Å². The fourth-order valence-electron chi connectivity index (χ4n) is 3.55. The van der Waals surface area contributed by atoms with Crippen LogP contribution >= 0.6 is 0 Å². The Morgan fingerprint density at radius 2 is 1.34 bits per heavy atom. The van der Waals surface area contributed by atoms with E-state index in [1.54, 1.807) is 37.3 Å². The largest absolute Gasteiger partial charge is 0.481 e. The van der Waals surface area contributed by atoms with Crippen LogP contribution in [0.3, 0.4) is 0 Å². The molecule has 1 aromatic carbocycles. The molecule has 2 aromatic rings. The lowest BCUT2D eigenvalue weighted by Crippen LogP contribution is -2.19. The second-order valence-electron chi connectivity index (χ2n) is 6.66. The molecular weight excluding hydrogens is 382 g/mol. The smallest absolute Gasteiger partial charge is 0.313 e. The first kappa shape index (κ1) is 21.7. The third-order valence-corrected chi connectivity index (χ3v) is 4.87. The minimum Gasteiger partial charge on any atom is -0.481 e. The lowest BCUT2D eigenvalue weighted by Gasteiger charge is -2.17. The summed E-state index contributed by atoms with van der Waals surface area (Å²) in [6.45, 7) is 1.56. The predicted molar refractivity (Wildman–Crippen MR) is 101 cm³/mol. The maximum atomic E-state index is 11.9. The first-order valence-corrected chi connectivity index (χ1v) is 8.69. The predicted octanol–water partition coefficient (Wildman–Crippen LogP) is 2.29. The van der Waals surface area contributed by atoms with Gasteiger partial charge in [-0.25, -0.2) is 0 Å². The highest BCUT2D eigenvalue weighted by Crippen LogP contribution is 2.42. The molecule has 2 atom stereocenters. The van der Waals surface area contributed by atoms with Gasteiger partial charge in [0.25, 0.3) is 0 Å². The molecule has 1 heterocycles. The third-order valence-electron chi connectivity index (χ3n) is 4.87. The van der Waals surface area contributed by atoms with E-state index < -0.39 is 48.6 Å². The molecular formula is C20H21NO8. The number of benzene rings is 1. The van der Waals surface area contributed by atoms with Gasteiger partial charge in [-0.1, -0.05) is 30.3 Å². The molecule has 4 N–H and O–H groups in total. The molecule has 0 amide bonds. The highest BCUT2D eigenvalue weighted by Gasteiger charge is 2.36. The number of rotatable bonds is 9. The van der Waals surface area contributed by atoms with E-state index in [1.165, 1.54) is 11.6 Å². The van der Waals surface area contributed by atoms with Gasteiger partial charge in [0.15, 0.2) is 0 Å². The molecule has 154 valence electrons. The Balaban J connectivity index is 2.91. The Morgan fingerprint density at radius 1 is 0.862 bits per heavy atom. The van der Waals surface area contributed by atoms with Crippen LogP contribution in [0.15, 0.2) is 30.3 Å². The Hall–Kier alpha value is -3.62. The number of carboxylic acid groups (broad SMARTS) is 4. The monoisotopic (exact) mass is 403 g/mol. The fourth-order valence-corrected chi connectivity index (χ4v) is 3.55. The van der Waals surface area contributed by atoms with Crippen molar-refractivity contribution in [3.8, 4) is 11.1 Å². The molecule has 0 saturated heterocycles. The number of hydrogen-bond acceptors (Lipinski definition) is 4. The van der Waals surface area contributed by atoms with Crippen LogP contribution in [0.1, 0.15) is 41.6 Å². The molecule has 2 rings (SSSR count). The van der Waals surface area contributed by atoms with E-state index in [0.717, 1.165) is 0 Å². The average Bonchev–Trinajstić information content (AvgIpc) is 2.89. The fraction of sp³-hybridized carbons (Fsp3) is 0.300. The van der Waals surface area contributed by atoms with Crippen LogP contribution in [0.5, 0.6) is 0 Å². The molecule has 0 spiro atoms. The van der Waals surface area contributed by atoms with Crippen molar-refractivity contribution in [2.24, 2.45) is 7.05 Å². The summed E-state index contributed by atoms with van der Waals surface area (Å²) in [5.41, 5.74) is 1.38. The summed E-state index contributed by atoms with van der Waals surface area (Å²) in [4.78, 5) is 46.3. The van der Waals surface area contributed by atoms with E-state index in [4.69, 9.17) is 0 Å². The Labute approximate surface area is 165 Å². The summed E-state index contributed by atoms with van der Waals surface area (Å²) < 4.78 is 1.44. The molecule has 9 nitrogen and oxygen atoms in total. The van der Waals surface area contributed by atoms with Crippen molar-refractivity contribution in [3.63, 3.8) is 0 Å². The Bertz CT molecular complexity index is 903. The lowest BCUT2D eigenvalue weighted by atomic mass is 9.86. The number of hydrogen-bond donors (Lipinski definition) is 4. The zero-order valence-electron chi connectivity index (χ0n) is 15.8. The van der Waals surface area contributed by atoms with Gasteiger partial charge in [0.05, 0.1) is 18.8 Å². The van der Waals surface area contributed by atoms with Crippen molar-refractivity contribution >= 4 is 23.9 Å². The molecule has 0 bridgehead atoms. The van der Waals surface area contributed by atoms with Gasteiger partial charge in [-0.05, 0) is 18.1 Å². The van der Waals surface area contributed by atoms with Crippen molar-refractivity contribution < 1.29 is 39.6 Å². The second-order valence-corrected chi connectivity index (χ2v) is 6.66. The standard InChI is InChI=1S/C20H21NO8/c1-10-16(12(19(26)27)8-14(22)23)17(11-6-4-3-5-7-11)18(21(10)2)13(20(28)29)9-15(24)25/h3-7,12-13H,8-9H2,1-2H3,(H,22,23)(H,24,25)(H,26,27)(H,28,29). The van der Waals surface area contributed by atoms with E-state index in [2.05, 4.69) is 0 Å². The van der Waals surface area contributed by atoms with Gasteiger partial charge in [-0.3, -0.25) is 19.2 Å². The van der Waals surface area contributed by atoms with Crippen LogP contribution in [0, 0.1) is 6.92 Å². The molecule has 0 saturated carbocycles. The number of nitrogens with zero attached hydrogens (tertiary/aromatic N) is 1. The number of aliphatic carboxylic acids is 4. The van der Waals surface area contributed by atoms with E-state index in [9.17, 15) is 39.6 Å². The summed E-state index contributed by atoms with van der Waals surface area (Å²) in [5, 5.41) is 37.8. The van der Waals surface area contributed by atoms with Gasteiger partial charge < -0.3 is 25.0 Å². The van der Waals surface area contributed by atoms with Crippen LogP contribution in [0.2, 0.25) is 0 Å². The minimum absolute atomic E-state index is 0.121. The summed E-state index contributed by atoms with van der Waals surface area (Å²) in [7, 11) is 1.51. The maximum Gasteiger partial charge on any atom is 0.313 e. The molecule has 0 radical (unpaired) electrons. The number of carbonyl (C=O) groups is 4. The van der Waals surface area contributed by atoms with Crippen LogP contribution < -0.4 is 0 Å². The summed E-state index contributed by atoms with van der Waals surface area (Å²) >= 11 is 0. The Kier molecular flexibility index (Phi) is 6.42. The van der Waals surface area contributed by atoms with Gasteiger partial charge in [0, 0.05) is 24.0 Å². The Morgan fingerprint density at radius 3 is 1.79 bits per heavy atom. The third kappa shape index (κ3) is 4.45. The van der Waals surface area contributed by atoms with Crippen LogP contribution in [0.4, 0.5) is 0 Å². The van der Waals surface area contributed by atoms with Gasteiger partial charge in [-0.2, -0.15) is 0 Å². The lowest BCUT2D eigenvalue weighted by molar-refractivity contribution is -0.145. The van der Waals surface area contributed by atoms with Crippen molar-refractivity contribution in [2.75, 3.05) is 0 Å². The van der Waals surface area contributed by atoms with E-state index in [1.807, 2.05) is 0 Å². The molecule has 2 unspecified atom stereocenters. The van der Waals surface area contributed by atoms with Crippen LogP contribution in [0.25, 0.3) is 11.1 Å². The van der Waals surface area contributed by atoms with Crippen molar-refractivity contribution in [3.05, 3.63) is 47.3 Å². The molecule has 9 heteroatoms. The molecule has 0 aliphatic rings. The SMILES string of the molecule is Cc1c(C(CC(=O)O)C(=O)O)c(-c2ccccc2)c(C(CC(=O)O)C(=O)O)n1C. The molecule has 0 aliphatic carbocycles. The van der Waals surface area contributed by atoms with E-state index in [0.29, 0.717) is 11.3 Å². The molecule has 0 fully saturated rings. The highest BCUT2D eigenvalue weighted by molar-refractivity contribution is 5.90. The van der Waals surface area contributed by atoms with Gasteiger partial charge >= 0.3 is 23.9 Å². The van der Waals surface area contributed by atoms with Gasteiger partial charge in [-0.15, -0.1) is 0 Å². The maximum absolute atomic E-state index is 11.9. The topological polar surface area (TPSA) is 154 Å². The zero-order valence-corrected chi connectivity index (χ0v) is 15.8. The molecule has 0 aliphatic heterocycles. The summed E-state index contributed by atoms with van der Waals surface area (Å²) in [5.74, 6) is -8.25. The van der Waals surface area contributed by atoms with Crippen LogP contribution in [-0.4, -0.2) is 48.9 Å². The normalized spacial score (nSPS) is 12.9. The van der Waals surface area contributed by atoms with Crippen molar-refractivity contribution in [1.82, 2.24) is 4.57 Å². The number of aromatic nitrogens is 1. The van der Waals surface area contributed by atoms with Gasteiger partial charge in [0.2, 0.25) is 0 Å². The molecule has 1 aromatic heterocycles. The summed E-state index contributed by atoms with van der Waals surface area (Å²) in [6, 6.07) is 8.34. The number of carboxylic acids is 4. The van der Waals surface area contributed by atoms with Crippen molar-refractivity contribution in [2.45, 2.75) is 31.6 Å². The first-order valence-electron chi connectivity index (χ1n) is 8.69. The zero-order chi connectivity index (χ0) is 21.9. The quantitative estimate of drug-likeness (QED) is 0.497. The first-order chi connectivity index (χ1) is 13.6. The van der Waals surface area contributed by atoms with E-state index >= 15 is 0 Å². The summed E-state index contributed by atoms with van der Waals surface area (Å²) in [6.07, 6.45) is -1.40. The van der Waals surface area contributed by atoms with E-state index in [-0.39, 0.29) is 16.8 Å².